The lowest BCUT2D eigenvalue weighted by Gasteiger charge is -2.33. The maximum atomic E-state index is 4.53. The number of hydrogen-bond donors (Lipinski definition) is 1. The van der Waals surface area contributed by atoms with Gasteiger partial charge in [0.05, 0.1) is 0 Å². The molecule has 0 bridgehead atoms. The van der Waals surface area contributed by atoms with Gasteiger partial charge in [-0.25, -0.2) is 0 Å². The number of hydrogen-bond acceptors (Lipinski definition) is 2. The van der Waals surface area contributed by atoms with Crippen molar-refractivity contribution in [3.63, 3.8) is 0 Å². The van der Waals surface area contributed by atoms with Crippen molar-refractivity contribution in [3.8, 4) is 0 Å². The van der Waals surface area contributed by atoms with Crippen LogP contribution in [0.5, 0.6) is 0 Å². The summed E-state index contributed by atoms with van der Waals surface area (Å²) in [5.74, 6) is 2.16. The van der Waals surface area contributed by atoms with Gasteiger partial charge in [0.15, 0.2) is 0 Å². The van der Waals surface area contributed by atoms with Crippen LogP contribution in [0.1, 0.15) is 44.9 Å². The van der Waals surface area contributed by atoms with Crippen LogP contribution in [0.2, 0.25) is 0 Å². The lowest BCUT2D eigenvalue weighted by atomic mass is 9.85. The van der Waals surface area contributed by atoms with Crippen molar-refractivity contribution in [1.82, 2.24) is 4.90 Å². The molecular weight excluding hydrogens is 202 g/mol. The summed E-state index contributed by atoms with van der Waals surface area (Å²) in [6.45, 7) is 2.74. The molecule has 0 amide bonds. The Balaban J connectivity index is 1.62. The summed E-state index contributed by atoms with van der Waals surface area (Å²) < 4.78 is 0. The zero-order valence-corrected chi connectivity index (χ0v) is 10.5. The van der Waals surface area contributed by atoms with Crippen LogP contribution in [0.4, 0.5) is 0 Å². The molecule has 2 heteroatoms. The van der Waals surface area contributed by atoms with Crippen molar-refractivity contribution in [3.05, 3.63) is 0 Å². The normalized spacial score (nSPS) is 39.0. The maximum Gasteiger partial charge on any atom is 0.0124 e. The highest BCUT2D eigenvalue weighted by Crippen LogP contribution is 2.49. The van der Waals surface area contributed by atoms with Crippen molar-refractivity contribution in [1.29, 1.82) is 0 Å². The molecule has 3 aliphatic rings. The summed E-state index contributed by atoms with van der Waals surface area (Å²) in [5, 5.41) is 0. The predicted octanol–water partition coefficient (Wildman–Crippen LogP) is 2.96. The number of rotatable bonds is 3. The topological polar surface area (TPSA) is 3.24 Å². The van der Waals surface area contributed by atoms with Gasteiger partial charge >= 0.3 is 0 Å². The van der Waals surface area contributed by atoms with E-state index in [9.17, 15) is 0 Å². The van der Waals surface area contributed by atoms with Crippen LogP contribution in [0.3, 0.4) is 0 Å². The molecule has 0 aromatic rings. The van der Waals surface area contributed by atoms with Gasteiger partial charge in [0.2, 0.25) is 0 Å². The highest BCUT2D eigenvalue weighted by molar-refractivity contribution is 7.80. The van der Waals surface area contributed by atoms with Gasteiger partial charge in [-0.05, 0) is 55.7 Å². The van der Waals surface area contributed by atoms with Crippen LogP contribution in [0, 0.1) is 11.3 Å². The third-order valence-electron chi connectivity index (χ3n) is 4.96. The van der Waals surface area contributed by atoms with Crippen molar-refractivity contribution >= 4 is 12.6 Å². The first-order valence-corrected chi connectivity index (χ1v) is 7.31. The molecule has 0 aromatic heterocycles. The zero-order chi connectivity index (χ0) is 10.3. The number of fused-ring (bicyclic) bond motifs is 1. The Morgan fingerprint density at radius 1 is 1.13 bits per heavy atom. The first-order chi connectivity index (χ1) is 7.33. The van der Waals surface area contributed by atoms with E-state index < -0.39 is 0 Å². The second kappa shape index (κ2) is 3.96. The minimum Gasteiger partial charge on any atom is -0.300 e. The molecule has 3 fully saturated rings. The van der Waals surface area contributed by atoms with Crippen molar-refractivity contribution in [2.24, 2.45) is 11.3 Å². The average Bonchev–Trinajstić information content (AvgIpc) is 2.95. The van der Waals surface area contributed by atoms with Crippen LogP contribution < -0.4 is 0 Å². The maximum absolute atomic E-state index is 4.53. The summed E-state index contributed by atoms with van der Waals surface area (Å²) in [6.07, 6.45) is 10.3. The molecule has 15 heavy (non-hydrogen) atoms. The fourth-order valence-electron chi connectivity index (χ4n) is 3.67. The van der Waals surface area contributed by atoms with E-state index >= 15 is 0 Å². The fourth-order valence-corrected chi connectivity index (χ4v) is 4.09. The van der Waals surface area contributed by atoms with E-state index in [1.807, 2.05) is 0 Å². The summed E-state index contributed by atoms with van der Waals surface area (Å²) >= 11 is 4.53. The van der Waals surface area contributed by atoms with Crippen LogP contribution in [0.25, 0.3) is 0 Å². The molecule has 1 saturated heterocycles. The fraction of sp³-hybridized carbons (Fsp3) is 1.00. The molecule has 2 saturated carbocycles. The van der Waals surface area contributed by atoms with Crippen LogP contribution in [-0.2, 0) is 0 Å². The molecule has 1 nitrogen and oxygen atoms in total. The van der Waals surface area contributed by atoms with Gasteiger partial charge in [0, 0.05) is 12.6 Å². The first kappa shape index (κ1) is 10.5. The van der Waals surface area contributed by atoms with Gasteiger partial charge in [-0.1, -0.05) is 12.8 Å². The molecule has 0 aromatic carbocycles. The van der Waals surface area contributed by atoms with E-state index in [0.29, 0.717) is 5.41 Å². The highest BCUT2D eigenvalue weighted by atomic mass is 32.1. The number of nitrogens with zero attached hydrogens (tertiary/aromatic N) is 1. The van der Waals surface area contributed by atoms with Gasteiger partial charge in [-0.15, -0.1) is 0 Å². The Morgan fingerprint density at radius 2 is 1.93 bits per heavy atom. The Bertz CT molecular complexity index is 237. The molecule has 86 valence electrons. The first-order valence-electron chi connectivity index (χ1n) is 6.68. The molecule has 2 atom stereocenters. The summed E-state index contributed by atoms with van der Waals surface area (Å²) in [7, 11) is 0. The lowest BCUT2D eigenvalue weighted by molar-refractivity contribution is 0.159. The smallest absolute Gasteiger partial charge is 0.0124 e. The Hall–Kier alpha value is 0.310. The summed E-state index contributed by atoms with van der Waals surface area (Å²) in [6, 6.07) is 0.955. The SMILES string of the molecule is SCC1(CN2CCC3CCCCC32)CC1. The van der Waals surface area contributed by atoms with Crippen LogP contribution in [-0.4, -0.2) is 29.8 Å². The lowest BCUT2D eigenvalue weighted by Crippen LogP contribution is -2.38. The predicted molar refractivity (Wildman–Crippen MR) is 67.5 cm³/mol. The Labute approximate surface area is 99.0 Å². The second-order valence-electron chi connectivity index (χ2n) is 6.03. The zero-order valence-electron chi connectivity index (χ0n) is 9.62. The van der Waals surface area contributed by atoms with Crippen LogP contribution in [0.15, 0.2) is 0 Å². The third kappa shape index (κ3) is 1.95. The van der Waals surface area contributed by atoms with Gasteiger partial charge in [-0.3, -0.25) is 4.90 Å². The molecule has 1 heterocycles. The largest absolute Gasteiger partial charge is 0.300 e. The van der Waals surface area contributed by atoms with Crippen LogP contribution >= 0.6 is 12.6 Å². The number of thiol groups is 1. The van der Waals surface area contributed by atoms with Gasteiger partial charge in [0.1, 0.15) is 0 Å². The van der Waals surface area contributed by atoms with Gasteiger partial charge in [-0.2, -0.15) is 12.6 Å². The van der Waals surface area contributed by atoms with Gasteiger partial charge in [0.25, 0.3) is 0 Å². The van der Waals surface area contributed by atoms with Gasteiger partial charge < -0.3 is 0 Å². The Morgan fingerprint density at radius 3 is 2.67 bits per heavy atom. The molecular formula is C13H23NS. The summed E-state index contributed by atoms with van der Waals surface area (Å²) in [4.78, 5) is 2.81. The molecule has 0 N–H and O–H groups in total. The van der Waals surface area contributed by atoms with E-state index in [-0.39, 0.29) is 0 Å². The van der Waals surface area contributed by atoms with E-state index in [0.717, 1.165) is 17.7 Å². The summed E-state index contributed by atoms with van der Waals surface area (Å²) in [5.41, 5.74) is 0.634. The molecule has 3 rings (SSSR count). The minimum atomic E-state index is 0.634. The second-order valence-corrected chi connectivity index (χ2v) is 6.35. The van der Waals surface area contributed by atoms with E-state index in [1.165, 1.54) is 58.0 Å². The molecule has 0 radical (unpaired) electrons. The van der Waals surface area contributed by atoms with E-state index in [2.05, 4.69) is 17.5 Å². The molecule has 2 aliphatic carbocycles. The third-order valence-corrected chi connectivity index (χ3v) is 5.63. The average molecular weight is 225 g/mol. The Kier molecular flexibility index (Phi) is 2.76. The van der Waals surface area contributed by atoms with Crippen molar-refractivity contribution < 1.29 is 0 Å². The van der Waals surface area contributed by atoms with E-state index in [1.54, 1.807) is 0 Å². The monoisotopic (exact) mass is 225 g/mol. The van der Waals surface area contributed by atoms with Crippen molar-refractivity contribution in [2.45, 2.75) is 51.0 Å². The highest BCUT2D eigenvalue weighted by Gasteiger charge is 2.46. The molecule has 1 aliphatic heterocycles. The standard InChI is InChI=1S/C13H23NS/c15-10-13(6-7-13)9-14-8-5-11-3-1-2-4-12(11)14/h11-12,15H,1-10H2. The molecule has 0 spiro atoms. The molecule has 2 unspecified atom stereocenters. The minimum absolute atomic E-state index is 0.634. The van der Waals surface area contributed by atoms with E-state index in [4.69, 9.17) is 0 Å². The quantitative estimate of drug-likeness (QED) is 0.723. The number of likely N-dealkylation sites (tertiary alicyclic amines) is 1. The van der Waals surface area contributed by atoms with Crippen molar-refractivity contribution in [2.75, 3.05) is 18.8 Å².